The minimum Gasteiger partial charge on any atom is -0.491 e. The van der Waals surface area contributed by atoms with Crippen LogP contribution in [0.5, 0.6) is 5.75 Å². The second-order valence-electron chi connectivity index (χ2n) is 11.0. The van der Waals surface area contributed by atoms with Crippen molar-refractivity contribution in [3.63, 3.8) is 0 Å². The van der Waals surface area contributed by atoms with Gasteiger partial charge in [-0.05, 0) is 36.8 Å². The summed E-state index contributed by atoms with van der Waals surface area (Å²) >= 11 is 0. The summed E-state index contributed by atoms with van der Waals surface area (Å²) in [6.07, 6.45) is 0.289. The van der Waals surface area contributed by atoms with Crippen molar-refractivity contribution in [3.8, 4) is 5.75 Å². The fourth-order valence-corrected chi connectivity index (χ4v) is 5.74. The molecule has 2 aliphatic heterocycles. The van der Waals surface area contributed by atoms with Crippen LogP contribution in [-0.4, -0.2) is 86.3 Å². The standard InChI is InChI=1S/C27H40N4O7S/c1-17(2)15-21-26(34)30-22(18(3)4)16-38-23-8-6-5-7-19(23)25(33)29-20(9-10-24(32)28-21)27(35)31-11-13-39(36,37)14-12-31/h5-8,17-18,20-22H,9-16H2,1-4H3,(H,28,32)(H,29,33)(H,30,34)/t20-,21+,22+/m0/s1. The fraction of sp³-hybridized carbons (Fsp3) is 0.630. The molecule has 11 nitrogen and oxygen atoms in total. The highest BCUT2D eigenvalue weighted by molar-refractivity contribution is 7.91. The second kappa shape index (κ2) is 13.3. The topological polar surface area (TPSA) is 151 Å². The number of hydrogen-bond acceptors (Lipinski definition) is 7. The Labute approximate surface area is 230 Å². The monoisotopic (exact) mass is 564 g/mol. The Balaban J connectivity index is 1.92. The van der Waals surface area contributed by atoms with Crippen molar-refractivity contribution in [1.82, 2.24) is 20.9 Å². The summed E-state index contributed by atoms with van der Waals surface area (Å²) in [6, 6.07) is 4.40. The zero-order valence-corrected chi connectivity index (χ0v) is 23.9. The van der Waals surface area contributed by atoms with Gasteiger partial charge in [0.2, 0.25) is 17.7 Å². The number of para-hydroxylation sites is 1. The largest absolute Gasteiger partial charge is 0.491 e. The fourth-order valence-electron chi connectivity index (χ4n) is 4.54. The lowest BCUT2D eigenvalue weighted by atomic mass is 10.0. The molecule has 2 aliphatic rings. The lowest BCUT2D eigenvalue weighted by molar-refractivity contribution is -0.134. The van der Waals surface area contributed by atoms with E-state index in [1.165, 1.54) is 4.90 Å². The molecule has 0 radical (unpaired) electrons. The van der Waals surface area contributed by atoms with E-state index in [0.717, 1.165) is 0 Å². The molecule has 216 valence electrons. The molecule has 3 rings (SSSR count). The first-order valence-corrected chi connectivity index (χ1v) is 15.3. The van der Waals surface area contributed by atoms with Crippen molar-refractivity contribution in [1.29, 1.82) is 0 Å². The third-order valence-corrected chi connectivity index (χ3v) is 8.57. The highest BCUT2D eigenvalue weighted by atomic mass is 32.2. The minimum absolute atomic E-state index is 0.0105. The molecule has 2 heterocycles. The highest BCUT2D eigenvalue weighted by Crippen LogP contribution is 2.20. The smallest absolute Gasteiger partial charge is 0.255 e. The lowest BCUT2D eigenvalue weighted by Gasteiger charge is -2.30. The van der Waals surface area contributed by atoms with Crippen LogP contribution in [0.25, 0.3) is 0 Å². The van der Waals surface area contributed by atoms with Crippen LogP contribution in [0.2, 0.25) is 0 Å². The number of hydrogen-bond donors (Lipinski definition) is 3. The summed E-state index contributed by atoms with van der Waals surface area (Å²) in [6.45, 7) is 7.94. The summed E-state index contributed by atoms with van der Waals surface area (Å²) in [5.41, 5.74) is 0.211. The van der Waals surface area contributed by atoms with E-state index in [9.17, 15) is 27.6 Å². The summed E-state index contributed by atoms with van der Waals surface area (Å²) < 4.78 is 29.7. The van der Waals surface area contributed by atoms with E-state index in [4.69, 9.17) is 4.74 Å². The molecule has 3 atom stereocenters. The van der Waals surface area contributed by atoms with Gasteiger partial charge < -0.3 is 25.6 Å². The predicted octanol–water partition coefficient (Wildman–Crippen LogP) is 0.886. The summed E-state index contributed by atoms with van der Waals surface area (Å²) in [5, 5.41) is 8.53. The van der Waals surface area contributed by atoms with Crippen molar-refractivity contribution in [2.45, 2.75) is 65.1 Å². The van der Waals surface area contributed by atoms with Gasteiger partial charge in [-0.15, -0.1) is 0 Å². The quantitative estimate of drug-likeness (QED) is 0.491. The maximum Gasteiger partial charge on any atom is 0.255 e. The number of rotatable bonds is 4. The summed E-state index contributed by atoms with van der Waals surface area (Å²) in [4.78, 5) is 54.3. The number of nitrogens with zero attached hydrogens (tertiary/aromatic N) is 1. The molecule has 0 saturated carbocycles. The molecule has 0 spiro atoms. The number of sulfone groups is 1. The van der Waals surface area contributed by atoms with Gasteiger partial charge in [-0.1, -0.05) is 39.8 Å². The number of carbonyl (C=O) groups excluding carboxylic acids is 4. The zero-order valence-electron chi connectivity index (χ0n) is 23.1. The van der Waals surface area contributed by atoms with Gasteiger partial charge in [0, 0.05) is 19.5 Å². The average Bonchev–Trinajstić information content (AvgIpc) is 2.87. The van der Waals surface area contributed by atoms with Gasteiger partial charge in [0.05, 0.1) is 23.1 Å². The number of fused-ring (bicyclic) bond motifs is 1. The Morgan fingerprint density at radius 3 is 2.33 bits per heavy atom. The first-order valence-electron chi connectivity index (χ1n) is 13.5. The van der Waals surface area contributed by atoms with E-state index >= 15 is 0 Å². The molecule has 0 aromatic heterocycles. The van der Waals surface area contributed by atoms with Crippen molar-refractivity contribution in [2.24, 2.45) is 11.8 Å². The Morgan fingerprint density at radius 2 is 1.69 bits per heavy atom. The molecular formula is C27H40N4O7S. The van der Waals surface area contributed by atoms with Crippen LogP contribution in [0.15, 0.2) is 24.3 Å². The van der Waals surface area contributed by atoms with E-state index in [0.29, 0.717) is 12.2 Å². The van der Waals surface area contributed by atoms with Crippen LogP contribution in [0.3, 0.4) is 0 Å². The Kier molecular flexibility index (Phi) is 10.3. The first-order chi connectivity index (χ1) is 18.4. The van der Waals surface area contributed by atoms with Gasteiger partial charge in [0.25, 0.3) is 5.91 Å². The minimum atomic E-state index is -3.21. The van der Waals surface area contributed by atoms with Crippen molar-refractivity contribution in [3.05, 3.63) is 29.8 Å². The molecule has 1 aromatic rings. The molecule has 0 bridgehead atoms. The number of benzene rings is 1. The van der Waals surface area contributed by atoms with Crippen LogP contribution < -0.4 is 20.7 Å². The molecule has 12 heteroatoms. The van der Waals surface area contributed by atoms with Crippen LogP contribution in [0.1, 0.15) is 57.3 Å². The van der Waals surface area contributed by atoms with Gasteiger partial charge in [-0.2, -0.15) is 0 Å². The Bertz CT molecular complexity index is 1150. The molecule has 1 saturated heterocycles. The van der Waals surface area contributed by atoms with Gasteiger partial charge >= 0.3 is 0 Å². The molecule has 4 amide bonds. The molecule has 0 aliphatic carbocycles. The van der Waals surface area contributed by atoms with Crippen LogP contribution in [0, 0.1) is 11.8 Å². The summed E-state index contributed by atoms with van der Waals surface area (Å²) in [7, 11) is -3.21. The SMILES string of the molecule is CC(C)C[C@H]1NC(=O)CC[C@@H](C(=O)N2CCS(=O)(=O)CC2)NC(=O)c2ccccc2OC[C@H](C(C)C)NC1=O. The summed E-state index contributed by atoms with van der Waals surface area (Å²) in [5.74, 6) is -1.61. The number of nitrogens with one attached hydrogen (secondary N) is 3. The van der Waals surface area contributed by atoms with E-state index in [1.54, 1.807) is 24.3 Å². The van der Waals surface area contributed by atoms with E-state index in [-0.39, 0.29) is 73.4 Å². The van der Waals surface area contributed by atoms with Gasteiger partial charge in [-0.25, -0.2) is 8.42 Å². The van der Waals surface area contributed by atoms with Crippen LogP contribution >= 0.6 is 0 Å². The number of ether oxygens (including phenoxy) is 1. The predicted molar refractivity (Wildman–Crippen MR) is 146 cm³/mol. The molecular weight excluding hydrogens is 524 g/mol. The Morgan fingerprint density at radius 1 is 1.03 bits per heavy atom. The normalized spacial score (nSPS) is 24.9. The zero-order chi connectivity index (χ0) is 28.7. The van der Waals surface area contributed by atoms with Crippen molar-refractivity contribution >= 4 is 33.5 Å². The van der Waals surface area contributed by atoms with E-state index < -0.39 is 39.6 Å². The van der Waals surface area contributed by atoms with Crippen LogP contribution in [-0.2, 0) is 24.2 Å². The molecule has 1 aromatic carbocycles. The molecule has 3 N–H and O–H groups in total. The van der Waals surface area contributed by atoms with Crippen LogP contribution in [0.4, 0.5) is 0 Å². The molecule has 0 unspecified atom stereocenters. The molecule has 1 fully saturated rings. The van der Waals surface area contributed by atoms with Crippen molar-refractivity contribution < 1.29 is 32.3 Å². The first kappa shape index (κ1) is 30.4. The third kappa shape index (κ3) is 8.67. The third-order valence-electron chi connectivity index (χ3n) is 6.96. The van der Waals surface area contributed by atoms with Gasteiger partial charge in [-0.3, -0.25) is 19.2 Å². The van der Waals surface area contributed by atoms with Crippen molar-refractivity contribution in [2.75, 3.05) is 31.2 Å². The number of amides is 4. The average molecular weight is 565 g/mol. The Hall–Kier alpha value is -3.15. The number of carbonyl (C=O) groups is 4. The van der Waals surface area contributed by atoms with E-state index in [2.05, 4.69) is 16.0 Å². The lowest BCUT2D eigenvalue weighted by Crippen LogP contribution is -2.54. The van der Waals surface area contributed by atoms with Gasteiger partial charge in [0.1, 0.15) is 24.4 Å². The second-order valence-corrected chi connectivity index (χ2v) is 13.3. The maximum atomic E-state index is 13.4. The van der Waals surface area contributed by atoms with E-state index in [1.807, 2.05) is 27.7 Å². The molecule has 39 heavy (non-hydrogen) atoms. The highest BCUT2D eigenvalue weighted by Gasteiger charge is 2.33. The van der Waals surface area contributed by atoms with Gasteiger partial charge in [0.15, 0.2) is 9.84 Å². The maximum absolute atomic E-state index is 13.4.